The first-order valence-corrected chi connectivity index (χ1v) is 7.72. The first-order chi connectivity index (χ1) is 9.86. The van der Waals surface area contributed by atoms with E-state index in [-0.39, 0.29) is 22.5 Å². The molecule has 0 aliphatic heterocycles. The van der Waals surface area contributed by atoms with Crippen LogP contribution in [0.2, 0.25) is 0 Å². The normalized spacial score (nSPS) is 19.7. The predicted molar refractivity (Wildman–Crippen MR) is 92.2 cm³/mol. The van der Waals surface area contributed by atoms with Gasteiger partial charge in [0.05, 0.1) is 0 Å². The van der Waals surface area contributed by atoms with Gasteiger partial charge in [-0.25, -0.2) is 0 Å². The van der Waals surface area contributed by atoms with E-state index in [2.05, 4.69) is 45.9 Å². The van der Waals surface area contributed by atoms with Crippen molar-refractivity contribution in [2.24, 2.45) is 5.41 Å². The Morgan fingerprint density at radius 3 is 2.32 bits per heavy atom. The maximum atomic E-state index is 10.3. The summed E-state index contributed by atoms with van der Waals surface area (Å²) < 4.78 is 0. The van der Waals surface area contributed by atoms with Gasteiger partial charge in [0, 0.05) is 17.1 Å². The minimum absolute atomic E-state index is 0. The molecule has 1 aliphatic rings. The molecule has 0 aromatic heterocycles. The monoisotopic (exact) mass is 347 g/mol. The largest absolute Gasteiger partial charge is 0.299 e. The summed E-state index contributed by atoms with van der Waals surface area (Å²) in [4.78, 5) is 10.3. The number of carbonyl (C=O) groups excluding carboxylic acids is 1. The fraction of sp³-hybridized carbons (Fsp3) is 0.450. The number of hydrogen-bond acceptors (Lipinski definition) is 1. The molecule has 0 saturated carbocycles. The molecule has 1 radical (unpaired) electrons. The maximum absolute atomic E-state index is 10.3. The van der Waals surface area contributed by atoms with Crippen LogP contribution in [0, 0.1) is 5.41 Å². The van der Waals surface area contributed by atoms with E-state index in [1.165, 1.54) is 36.0 Å². The van der Waals surface area contributed by atoms with E-state index in [0.29, 0.717) is 0 Å². The fourth-order valence-electron chi connectivity index (χ4n) is 2.80. The van der Waals surface area contributed by atoms with Crippen LogP contribution < -0.4 is 0 Å². The standard InChI is InChI=1S/C20H28O.Cu/c1-16(8-6-9-17(2)13-15-21)11-12-19-18(3)10-7-14-20(19,4)5;/h6,8-9,11-13,15H,7,10,14H2,1-5H3;/b9-6+,12-11+,16-8+,17-13+;. The van der Waals surface area contributed by atoms with E-state index in [1.807, 2.05) is 19.1 Å². The summed E-state index contributed by atoms with van der Waals surface area (Å²) >= 11 is 0. The molecule has 0 atom stereocenters. The zero-order valence-electron chi connectivity index (χ0n) is 14.4. The van der Waals surface area contributed by atoms with Gasteiger partial charge in [-0.05, 0) is 62.7 Å². The average molecular weight is 348 g/mol. The van der Waals surface area contributed by atoms with E-state index in [9.17, 15) is 4.79 Å². The van der Waals surface area contributed by atoms with Crippen LogP contribution in [0.15, 0.2) is 58.7 Å². The van der Waals surface area contributed by atoms with Gasteiger partial charge in [0.15, 0.2) is 0 Å². The summed E-state index contributed by atoms with van der Waals surface area (Å²) in [6, 6.07) is 0. The molecule has 1 nitrogen and oxygen atoms in total. The topological polar surface area (TPSA) is 17.1 Å². The van der Waals surface area contributed by atoms with E-state index < -0.39 is 0 Å². The third-order valence-corrected chi connectivity index (χ3v) is 4.10. The van der Waals surface area contributed by atoms with Crippen LogP contribution in [0.1, 0.15) is 53.9 Å². The van der Waals surface area contributed by atoms with Crippen molar-refractivity contribution >= 4 is 6.29 Å². The minimum atomic E-state index is 0. The Hall–Kier alpha value is -1.11. The van der Waals surface area contributed by atoms with Gasteiger partial charge >= 0.3 is 0 Å². The summed E-state index contributed by atoms with van der Waals surface area (Å²) in [6.45, 7) is 10.9. The van der Waals surface area contributed by atoms with Gasteiger partial charge in [-0.2, -0.15) is 0 Å². The number of allylic oxidation sites excluding steroid dienone is 10. The maximum Gasteiger partial charge on any atom is 0.143 e. The number of carbonyl (C=O) groups is 1. The molecule has 0 aromatic carbocycles. The van der Waals surface area contributed by atoms with Crippen molar-refractivity contribution in [2.75, 3.05) is 0 Å². The molecule has 1 aliphatic carbocycles. The molecule has 2 heteroatoms. The summed E-state index contributed by atoms with van der Waals surface area (Å²) in [5, 5.41) is 0. The molecule has 0 bridgehead atoms. The van der Waals surface area contributed by atoms with Gasteiger partial charge in [-0.15, -0.1) is 0 Å². The Morgan fingerprint density at radius 1 is 1.09 bits per heavy atom. The predicted octanol–water partition coefficient (Wildman–Crippen LogP) is 5.71. The van der Waals surface area contributed by atoms with Crippen LogP contribution in [-0.4, -0.2) is 6.29 Å². The zero-order chi connectivity index (χ0) is 15.9. The third kappa shape index (κ3) is 6.77. The second-order valence-corrected chi connectivity index (χ2v) is 6.58. The number of rotatable bonds is 5. The van der Waals surface area contributed by atoms with E-state index in [1.54, 1.807) is 6.08 Å². The third-order valence-electron chi connectivity index (χ3n) is 4.10. The van der Waals surface area contributed by atoms with Crippen LogP contribution in [0.3, 0.4) is 0 Å². The molecule has 0 unspecified atom stereocenters. The first-order valence-electron chi connectivity index (χ1n) is 7.72. The first kappa shape index (κ1) is 20.9. The number of hydrogen-bond donors (Lipinski definition) is 0. The molecule has 125 valence electrons. The quantitative estimate of drug-likeness (QED) is 0.269. The molecule has 0 spiro atoms. The summed E-state index contributed by atoms with van der Waals surface area (Å²) in [7, 11) is 0. The van der Waals surface area contributed by atoms with Gasteiger partial charge in [0.1, 0.15) is 6.29 Å². The van der Waals surface area contributed by atoms with Crippen LogP contribution in [0.4, 0.5) is 0 Å². The Balaban J connectivity index is 0.00000441. The van der Waals surface area contributed by atoms with Crippen LogP contribution in [0.25, 0.3) is 0 Å². The van der Waals surface area contributed by atoms with Crippen molar-refractivity contribution in [3.63, 3.8) is 0 Å². The van der Waals surface area contributed by atoms with Crippen molar-refractivity contribution in [3.05, 3.63) is 58.7 Å². The fourth-order valence-corrected chi connectivity index (χ4v) is 2.80. The molecule has 0 amide bonds. The molecule has 1 rings (SSSR count). The van der Waals surface area contributed by atoms with Gasteiger partial charge in [0.25, 0.3) is 0 Å². The molecule has 0 fully saturated rings. The van der Waals surface area contributed by atoms with Crippen molar-refractivity contribution in [2.45, 2.75) is 53.9 Å². The van der Waals surface area contributed by atoms with Gasteiger partial charge in [0.2, 0.25) is 0 Å². The molecular formula is C20H28CuO. The van der Waals surface area contributed by atoms with Gasteiger partial charge < -0.3 is 0 Å². The number of aldehydes is 1. The summed E-state index contributed by atoms with van der Waals surface area (Å²) in [6.07, 6.45) is 16.6. The minimum Gasteiger partial charge on any atom is -0.299 e. The average Bonchev–Trinajstić information content (AvgIpc) is 2.37. The zero-order valence-corrected chi connectivity index (χ0v) is 15.3. The smallest absolute Gasteiger partial charge is 0.143 e. The summed E-state index contributed by atoms with van der Waals surface area (Å²) in [5.41, 5.74) is 5.48. The second kappa shape index (κ2) is 9.82. The molecule has 22 heavy (non-hydrogen) atoms. The van der Waals surface area contributed by atoms with Gasteiger partial charge in [-0.3, -0.25) is 4.79 Å². The molecule has 0 heterocycles. The Labute approximate surface area is 146 Å². The molecule has 0 saturated heterocycles. The van der Waals surface area contributed by atoms with Crippen molar-refractivity contribution in [1.82, 2.24) is 0 Å². The van der Waals surface area contributed by atoms with Crippen LogP contribution in [-0.2, 0) is 21.9 Å². The Bertz CT molecular complexity index is 528. The molecule has 0 aromatic rings. The second-order valence-electron chi connectivity index (χ2n) is 6.58. The van der Waals surface area contributed by atoms with Gasteiger partial charge in [-0.1, -0.05) is 55.4 Å². The van der Waals surface area contributed by atoms with E-state index in [0.717, 1.165) is 11.9 Å². The molecule has 0 N–H and O–H groups in total. The van der Waals surface area contributed by atoms with Crippen molar-refractivity contribution in [1.29, 1.82) is 0 Å². The van der Waals surface area contributed by atoms with Crippen molar-refractivity contribution in [3.8, 4) is 0 Å². The SMILES string of the molecule is CC1=C(/C=C/C(C)=C/C=C/C(C)=C/C=O)C(C)(C)CCC1.[Cu]. The van der Waals surface area contributed by atoms with Crippen molar-refractivity contribution < 1.29 is 21.9 Å². The molecular weight excluding hydrogens is 320 g/mol. The summed E-state index contributed by atoms with van der Waals surface area (Å²) in [5.74, 6) is 0. The Kier molecular flexibility index (Phi) is 9.32. The Morgan fingerprint density at radius 2 is 1.73 bits per heavy atom. The van der Waals surface area contributed by atoms with E-state index in [4.69, 9.17) is 0 Å². The van der Waals surface area contributed by atoms with Crippen LogP contribution >= 0.6 is 0 Å². The van der Waals surface area contributed by atoms with Crippen LogP contribution in [0.5, 0.6) is 0 Å². The van der Waals surface area contributed by atoms with E-state index >= 15 is 0 Å².